The maximum Gasteiger partial charge on any atom is 0.273 e. The molecule has 0 saturated heterocycles. The minimum Gasteiger partial charge on any atom is -0.306 e. The molecule has 0 bridgehead atoms. The Hall–Kier alpha value is -1.79. The zero-order chi connectivity index (χ0) is 15.4. The topological polar surface area (TPSA) is 55.2 Å². The van der Waals surface area contributed by atoms with Crippen molar-refractivity contribution in [1.82, 2.24) is 5.32 Å². The van der Waals surface area contributed by atoms with Crippen LogP contribution in [0.2, 0.25) is 0 Å². The van der Waals surface area contributed by atoms with Crippen LogP contribution in [0.4, 0.5) is 10.1 Å². The fraction of sp³-hybridized carbons (Fsp3) is 0.200. The number of halogens is 2. The zero-order valence-corrected chi connectivity index (χ0v) is 12.9. The number of benzene rings is 2. The Bertz CT molecular complexity index is 664. The summed E-state index contributed by atoms with van der Waals surface area (Å²) in [5, 5.41) is 14.1. The lowest BCUT2D eigenvalue weighted by atomic mass is 10.1. The van der Waals surface area contributed by atoms with E-state index < -0.39 is 4.92 Å². The first-order valence-corrected chi connectivity index (χ1v) is 7.19. The largest absolute Gasteiger partial charge is 0.306 e. The molecule has 2 aromatic carbocycles. The predicted molar refractivity (Wildman–Crippen MR) is 82.5 cm³/mol. The van der Waals surface area contributed by atoms with Gasteiger partial charge >= 0.3 is 0 Å². The third kappa shape index (κ3) is 3.86. The van der Waals surface area contributed by atoms with E-state index in [4.69, 9.17) is 0 Å². The Balaban J connectivity index is 2.15. The van der Waals surface area contributed by atoms with Gasteiger partial charge < -0.3 is 5.32 Å². The summed E-state index contributed by atoms with van der Waals surface area (Å²) in [6, 6.07) is 11.0. The van der Waals surface area contributed by atoms with Crippen LogP contribution in [-0.4, -0.2) is 4.92 Å². The Morgan fingerprint density at radius 1 is 1.33 bits per heavy atom. The average molecular weight is 353 g/mol. The van der Waals surface area contributed by atoms with Gasteiger partial charge in [0.05, 0.1) is 4.92 Å². The molecular weight excluding hydrogens is 339 g/mol. The van der Waals surface area contributed by atoms with Gasteiger partial charge in [-0.3, -0.25) is 10.1 Å². The average Bonchev–Trinajstić information content (AvgIpc) is 2.45. The number of nitro groups is 1. The summed E-state index contributed by atoms with van der Waals surface area (Å²) in [7, 11) is 0. The standard InChI is InChI=1S/C15H14BrFN2O2/c1-10(13-4-2-3-5-14(13)17)18-9-11-8-12(16)6-7-15(11)19(20)21/h2-8,10,18H,9H2,1H3/t10-/m1/s1. The Morgan fingerprint density at radius 2 is 2.05 bits per heavy atom. The molecule has 110 valence electrons. The van der Waals surface area contributed by atoms with Crippen molar-refractivity contribution in [1.29, 1.82) is 0 Å². The maximum atomic E-state index is 13.7. The first-order valence-electron chi connectivity index (χ1n) is 6.39. The molecule has 0 amide bonds. The molecule has 1 atom stereocenters. The van der Waals surface area contributed by atoms with Gasteiger partial charge in [0.2, 0.25) is 0 Å². The number of nitrogens with zero attached hydrogens (tertiary/aromatic N) is 1. The van der Waals surface area contributed by atoms with E-state index in [1.807, 2.05) is 6.92 Å². The molecule has 4 nitrogen and oxygen atoms in total. The molecule has 1 N–H and O–H groups in total. The first kappa shape index (κ1) is 15.6. The number of hydrogen-bond acceptors (Lipinski definition) is 3. The lowest BCUT2D eigenvalue weighted by molar-refractivity contribution is -0.385. The quantitative estimate of drug-likeness (QED) is 0.642. The van der Waals surface area contributed by atoms with Crippen molar-refractivity contribution in [3.8, 4) is 0 Å². The van der Waals surface area contributed by atoms with E-state index in [1.54, 1.807) is 30.3 Å². The Morgan fingerprint density at radius 3 is 2.71 bits per heavy atom. The van der Waals surface area contributed by atoms with Crippen molar-refractivity contribution < 1.29 is 9.31 Å². The summed E-state index contributed by atoms with van der Waals surface area (Å²) in [6.07, 6.45) is 0. The summed E-state index contributed by atoms with van der Waals surface area (Å²) < 4.78 is 14.4. The fourth-order valence-electron chi connectivity index (χ4n) is 2.07. The summed E-state index contributed by atoms with van der Waals surface area (Å²) >= 11 is 3.30. The van der Waals surface area contributed by atoms with E-state index in [1.165, 1.54) is 12.1 Å². The van der Waals surface area contributed by atoms with Gasteiger partial charge in [0.1, 0.15) is 5.82 Å². The SMILES string of the molecule is C[C@@H](NCc1cc(Br)ccc1[N+](=O)[O-])c1ccccc1F. The van der Waals surface area contributed by atoms with Crippen LogP contribution in [0.5, 0.6) is 0 Å². The molecule has 6 heteroatoms. The van der Waals surface area contributed by atoms with Crippen molar-refractivity contribution in [2.24, 2.45) is 0 Å². The second-order valence-electron chi connectivity index (χ2n) is 4.65. The number of nitro benzene ring substituents is 1. The number of rotatable bonds is 5. The van der Waals surface area contributed by atoms with Gasteiger partial charge in [-0.15, -0.1) is 0 Å². The number of hydrogen-bond donors (Lipinski definition) is 1. The van der Waals surface area contributed by atoms with Gasteiger partial charge in [0, 0.05) is 34.3 Å². The molecule has 0 radical (unpaired) electrons. The van der Waals surface area contributed by atoms with E-state index in [0.717, 1.165) is 4.47 Å². The van der Waals surface area contributed by atoms with Crippen molar-refractivity contribution in [3.05, 3.63) is 74.0 Å². The van der Waals surface area contributed by atoms with Crippen LogP contribution in [-0.2, 0) is 6.54 Å². The summed E-state index contributed by atoms with van der Waals surface area (Å²) in [4.78, 5) is 10.6. The molecule has 0 saturated carbocycles. The lowest BCUT2D eigenvalue weighted by Gasteiger charge is -2.15. The molecule has 0 spiro atoms. The van der Waals surface area contributed by atoms with Crippen LogP contribution in [0.3, 0.4) is 0 Å². The molecule has 21 heavy (non-hydrogen) atoms. The van der Waals surface area contributed by atoms with E-state index in [2.05, 4.69) is 21.2 Å². The molecule has 0 aliphatic rings. The van der Waals surface area contributed by atoms with Crippen LogP contribution >= 0.6 is 15.9 Å². The highest BCUT2D eigenvalue weighted by Gasteiger charge is 2.15. The van der Waals surface area contributed by atoms with Crippen molar-refractivity contribution in [2.45, 2.75) is 19.5 Å². The van der Waals surface area contributed by atoms with Crippen LogP contribution in [0.25, 0.3) is 0 Å². The van der Waals surface area contributed by atoms with Gasteiger partial charge in [0.15, 0.2) is 0 Å². The van der Waals surface area contributed by atoms with Gasteiger partial charge in [-0.25, -0.2) is 4.39 Å². The normalized spacial score (nSPS) is 12.1. The highest BCUT2D eigenvalue weighted by molar-refractivity contribution is 9.10. The molecule has 0 aliphatic heterocycles. The smallest absolute Gasteiger partial charge is 0.273 e. The molecule has 0 aliphatic carbocycles. The summed E-state index contributed by atoms with van der Waals surface area (Å²) in [5.41, 5.74) is 1.14. The molecule has 2 aromatic rings. The highest BCUT2D eigenvalue weighted by atomic mass is 79.9. The van der Waals surface area contributed by atoms with Gasteiger partial charge in [-0.05, 0) is 25.1 Å². The summed E-state index contributed by atoms with van der Waals surface area (Å²) in [6.45, 7) is 2.10. The van der Waals surface area contributed by atoms with Crippen molar-refractivity contribution >= 4 is 21.6 Å². The number of nitrogens with one attached hydrogen (secondary N) is 1. The molecule has 0 aromatic heterocycles. The van der Waals surface area contributed by atoms with Crippen molar-refractivity contribution in [2.75, 3.05) is 0 Å². The minimum atomic E-state index is -0.419. The van der Waals surface area contributed by atoms with Gasteiger partial charge in [-0.2, -0.15) is 0 Å². The Labute approximate surface area is 130 Å². The van der Waals surface area contributed by atoms with Gasteiger partial charge in [0.25, 0.3) is 5.69 Å². The maximum absolute atomic E-state index is 13.7. The predicted octanol–water partition coefficient (Wildman–Crippen LogP) is 4.35. The second-order valence-corrected chi connectivity index (χ2v) is 5.57. The highest BCUT2D eigenvalue weighted by Crippen LogP contribution is 2.24. The van der Waals surface area contributed by atoms with Gasteiger partial charge in [-0.1, -0.05) is 34.1 Å². The van der Waals surface area contributed by atoms with Crippen LogP contribution in [0.15, 0.2) is 46.9 Å². The first-order chi connectivity index (χ1) is 9.99. The van der Waals surface area contributed by atoms with E-state index in [9.17, 15) is 14.5 Å². The zero-order valence-electron chi connectivity index (χ0n) is 11.3. The van der Waals surface area contributed by atoms with Crippen LogP contribution in [0.1, 0.15) is 24.1 Å². The second kappa shape index (κ2) is 6.78. The Kier molecular flexibility index (Phi) is 5.03. The third-order valence-electron chi connectivity index (χ3n) is 3.21. The van der Waals surface area contributed by atoms with E-state index in [0.29, 0.717) is 11.1 Å². The monoisotopic (exact) mass is 352 g/mol. The molecular formula is C15H14BrFN2O2. The minimum absolute atomic E-state index is 0.0476. The molecule has 0 heterocycles. The third-order valence-corrected chi connectivity index (χ3v) is 3.70. The van der Waals surface area contributed by atoms with Crippen molar-refractivity contribution in [3.63, 3.8) is 0 Å². The van der Waals surface area contributed by atoms with Crippen LogP contribution < -0.4 is 5.32 Å². The molecule has 0 unspecified atom stereocenters. The molecule has 0 fully saturated rings. The van der Waals surface area contributed by atoms with E-state index in [-0.39, 0.29) is 24.1 Å². The van der Waals surface area contributed by atoms with E-state index >= 15 is 0 Å². The van der Waals surface area contributed by atoms with Crippen LogP contribution in [0, 0.1) is 15.9 Å². The molecule has 2 rings (SSSR count). The fourth-order valence-corrected chi connectivity index (χ4v) is 2.48. The lowest BCUT2D eigenvalue weighted by Crippen LogP contribution is -2.19. The summed E-state index contributed by atoms with van der Waals surface area (Å²) in [5.74, 6) is -0.291.